The first-order valence-corrected chi connectivity index (χ1v) is 8.01. The van der Waals surface area contributed by atoms with Crippen LogP contribution in [0.2, 0.25) is 0 Å². The molecule has 3 heterocycles. The Labute approximate surface area is 145 Å². The SMILES string of the molecule is COc1ccc2c(c1)C(c1ccccn1)=NCc1cc(=O)n(C)cc1-2. The van der Waals surface area contributed by atoms with Gasteiger partial charge in [-0.25, -0.2) is 0 Å². The maximum absolute atomic E-state index is 12.0. The van der Waals surface area contributed by atoms with Gasteiger partial charge < -0.3 is 9.30 Å². The van der Waals surface area contributed by atoms with E-state index in [0.29, 0.717) is 6.54 Å². The third-order valence-electron chi connectivity index (χ3n) is 4.40. The molecule has 0 saturated heterocycles. The molecule has 0 radical (unpaired) electrons. The minimum atomic E-state index is -0.0368. The van der Waals surface area contributed by atoms with Gasteiger partial charge in [-0.1, -0.05) is 6.07 Å². The molecule has 0 bridgehead atoms. The van der Waals surface area contributed by atoms with Gasteiger partial charge in [-0.05, 0) is 41.5 Å². The van der Waals surface area contributed by atoms with Crippen molar-refractivity contribution < 1.29 is 4.74 Å². The molecule has 2 aromatic heterocycles. The number of methoxy groups -OCH3 is 1. The van der Waals surface area contributed by atoms with E-state index < -0.39 is 0 Å². The van der Waals surface area contributed by atoms with E-state index in [9.17, 15) is 4.79 Å². The van der Waals surface area contributed by atoms with E-state index in [1.54, 1.807) is 31.0 Å². The standard InChI is InChI=1S/C20H17N3O2/c1-23-12-17-13(9-19(23)24)11-22-20(18-5-3-4-8-21-18)16-10-14(25-2)6-7-15(16)17/h3-10,12H,11H2,1-2H3. The van der Waals surface area contributed by atoms with Crippen LogP contribution >= 0.6 is 0 Å². The lowest BCUT2D eigenvalue weighted by Gasteiger charge is -2.13. The molecule has 0 atom stereocenters. The van der Waals surface area contributed by atoms with Crippen molar-refractivity contribution in [1.82, 2.24) is 9.55 Å². The molecule has 1 aromatic carbocycles. The Bertz CT molecular complexity index is 1040. The van der Waals surface area contributed by atoms with Crippen LogP contribution in [0.1, 0.15) is 16.8 Å². The van der Waals surface area contributed by atoms with Gasteiger partial charge in [0.15, 0.2) is 0 Å². The number of nitrogens with zero attached hydrogens (tertiary/aromatic N) is 3. The number of aromatic nitrogens is 2. The second-order valence-electron chi connectivity index (χ2n) is 5.95. The summed E-state index contributed by atoms with van der Waals surface area (Å²) >= 11 is 0. The summed E-state index contributed by atoms with van der Waals surface area (Å²) in [5.41, 5.74) is 5.47. The average molecular weight is 331 g/mol. The van der Waals surface area contributed by atoms with Crippen molar-refractivity contribution in [3.63, 3.8) is 0 Å². The summed E-state index contributed by atoms with van der Waals surface area (Å²) in [6.07, 6.45) is 3.63. The second-order valence-corrected chi connectivity index (χ2v) is 5.95. The highest BCUT2D eigenvalue weighted by atomic mass is 16.5. The van der Waals surface area contributed by atoms with Crippen LogP contribution in [-0.2, 0) is 13.6 Å². The summed E-state index contributed by atoms with van der Waals surface area (Å²) in [6.45, 7) is 0.439. The topological polar surface area (TPSA) is 56.5 Å². The highest BCUT2D eigenvalue weighted by molar-refractivity contribution is 6.16. The zero-order valence-electron chi connectivity index (χ0n) is 14.1. The fourth-order valence-electron chi connectivity index (χ4n) is 3.09. The number of aryl methyl sites for hydroxylation is 1. The van der Waals surface area contributed by atoms with Gasteiger partial charge in [-0.3, -0.25) is 14.8 Å². The Morgan fingerprint density at radius 3 is 2.72 bits per heavy atom. The molecular weight excluding hydrogens is 314 g/mol. The fraction of sp³-hybridized carbons (Fsp3) is 0.150. The largest absolute Gasteiger partial charge is 0.497 e. The summed E-state index contributed by atoms with van der Waals surface area (Å²) < 4.78 is 7.00. The number of fused-ring (bicyclic) bond motifs is 3. The van der Waals surface area contributed by atoms with Gasteiger partial charge in [0, 0.05) is 36.6 Å². The Balaban J connectivity index is 2.02. The zero-order valence-corrected chi connectivity index (χ0v) is 14.1. The molecule has 25 heavy (non-hydrogen) atoms. The van der Waals surface area contributed by atoms with Crippen molar-refractivity contribution in [3.05, 3.63) is 82.0 Å². The first-order chi connectivity index (χ1) is 12.2. The fourth-order valence-corrected chi connectivity index (χ4v) is 3.09. The number of ether oxygens (including phenoxy) is 1. The van der Waals surface area contributed by atoms with Crippen LogP contribution in [0.25, 0.3) is 11.1 Å². The highest BCUT2D eigenvalue weighted by Gasteiger charge is 2.21. The number of pyridine rings is 2. The predicted octanol–water partition coefficient (Wildman–Crippen LogP) is 2.81. The van der Waals surface area contributed by atoms with Crippen LogP contribution in [0.15, 0.2) is 64.6 Å². The monoisotopic (exact) mass is 331 g/mol. The van der Waals surface area contributed by atoms with E-state index in [2.05, 4.69) is 4.98 Å². The minimum Gasteiger partial charge on any atom is -0.497 e. The lowest BCUT2D eigenvalue weighted by atomic mass is 9.94. The van der Waals surface area contributed by atoms with Crippen LogP contribution in [0.3, 0.4) is 0 Å². The maximum atomic E-state index is 12.0. The molecule has 3 aromatic rings. The Hall–Kier alpha value is -3.21. The Morgan fingerprint density at radius 1 is 1.08 bits per heavy atom. The van der Waals surface area contributed by atoms with Crippen LogP contribution in [0, 0.1) is 0 Å². The van der Waals surface area contributed by atoms with E-state index in [1.807, 2.05) is 42.6 Å². The summed E-state index contributed by atoms with van der Waals surface area (Å²) in [5, 5.41) is 0. The first-order valence-electron chi connectivity index (χ1n) is 8.01. The van der Waals surface area contributed by atoms with Crippen LogP contribution in [0.4, 0.5) is 0 Å². The average Bonchev–Trinajstić information content (AvgIpc) is 2.79. The van der Waals surface area contributed by atoms with Gasteiger partial charge in [0.25, 0.3) is 5.56 Å². The van der Waals surface area contributed by atoms with Crippen LogP contribution in [0.5, 0.6) is 5.75 Å². The second kappa shape index (κ2) is 6.02. The molecule has 1 aliphatic heterocycles. The molecule has 0 fully saturated rings. The molecule has 5 heteroatoms. The van der Waals surface area contributed by atoms with Gasteiger partial charge in [0.1, 0.15) is 5.75 Å². The van der Waals surface area contributed by atoms with Gasteiger partial charge in [-0.15, -0.1) is 0 Å². The maximum Gasteiger partial charge on any atom is 0.250 e. The molecule has 1 aliphatic rings. The first kappa shape index (κ1) is 15.3. The molecular formula is C20H17N3O2. The normalized spacial score (nSPS) is 12.6. The Kier molecular flexibility index (Phi) is 3.69. The summed E-state index contributed by atoms with van der Waals surface area (Å²) in [4.78, 5) is 21.3. The number of hydrogen-bond acceptors (Lipinski definition) is 4. The van der Waals surface area contributed by atoms with Crippen molar-refractivity contribution in [2.75, 3.05) is 7.11 Å². The highest BCUT2D eigenvalue weighted by Crippen LogP contribution is 2.33. The lowest BCUT2D eigenvalue weighted by Crippen LogP contribution is -2.16. The van der Waals surface area contributed by atoms with Crippen molar-refractivity contribution in [3.8, 4) is 16.9 Å². The van der Waals surface area contributed by atoms with Crippen molar-refractivity contribution >= 4 is 5.71 Å². The minimum absolute atomic E-state index is 0.0368. The van der Waals surface area contributed by atoms with Crippen LogP contribution < -0.4 is 10.3 Å². The zero-order chi connectivity index (χ0) is 17.4. The number of hydrogen-bond donors (Lipinski definition) is 0. The molecule has 124 valence electrons. The molecule has 0 unspecified atom stereocenters. The van der Waals surface area contributed by atoms with Gasteiger partial charge >= 0.3 is 0 Å². The molecule has 0 amide bonds. The van der Waals surface area contributed by atoms with Crippen molar-refractivity contribution in [1.29, 1.82) is 0 Å². The molecule has 0 saturated carbocycles. The van der Waals surface area contributed by atoms with E-state index in [-0.39, 0.29) is 5.56 Å². The third-order valence-corrected chi connectivity index (χ3v) is 4.40. The van der Waals surface area contributed by atoms with Crippen molar-refractivity contribution in [2.45, 2.75) is 6.54 Å². The smallest absolute Gasteiger partial charge is 0.250 e. The number of rotatable bonds is 2. The molecule has 0 N–H and O–H groups in total. The number of benzene rings is 1. The quantitative estimate of drug-likeness (QED) is 0.725. The van der Waals surface area contributed by atoms with E-state index in [0.717, 1.165) is 39.4 Å². The summed E-state index contributed by atoms with van der Waals surface area (Å²) in [6, 6.07) is 13.3. The predicted molar refractivity (Wildman–Crippen MR) is 97.3 cm³/mol. The van der Waals surface area contributed by atoms with E-state index >= 15 is 0 Å². The van der Waals surface area contributed by atoms with Gasteiger partial charge in [-0.2, -0.15) is 0 Å². The van der Waals surface area contributed by atoms with Gasteiger partial charge in [0.2, 0.25) is 0 Å². The van der Waals surface area contributed by atoms with E-state index in [4.69, 9.17) is 9.73 Å². The van der Waals surface area contributed by atoms with Crippen LogP contribution in [-0.4, -0.2) is 22.4 Å². The summed E-state index contributed by atoms with van der Waals surface area (Å²) in [5.74, 6) is 0.760. The van der Waals surface area contributed by atoms with Gasteiger partial charge in [0.05, 0.1) is 25.1 Å². The number of aliphatic imine (C=N–C) groups is 1. The molecule has 0 aliphatic carbocycles. The summed E-state index contributed by atoms with van der Waals surface area (Å²) in [7, 11) is 3.41. The molecule has 0 spiro atoms. The third kappa shape index (κ3) is 2.63. The van der Waals surface area contributed by atoms with E-state index in [1.165, 1.54) is 0 Å². The lowest BCUT2D eigenvalue weighted by molar-refractivity contribution is 0.415. The molecule has 5 nitrogen and oxygen atoms in total. The van der Waals surface area contributed by atoms with Crippen molar-refractivity contribution in [2.24, 2.45) is 12.0 Å². The molecule has 4 rings (SSSR count). The Morgan fingerprint density at radius 2 is 1.96 bits per heavy atom.